The molecule has 1 aromatic heterocycles. The molecule has 2 nitrogen and oxygen atoms in total. The van der Waals surface area contributed by atoms with E-state index in [1.165, 1.54) is 3.71 Å². The fraction of sp³-hybridized carbons (Fsp3) is 0.176. The Kier molecular flexibility index (Phi) is 5.12. The Morgan fingerprint density at radius 1 is 0.900 bits per heavy atom. The van der Waals surface area contributed by atoms with Crippen molar-refractivity contribution in [2.24, 2.45) is 0 Å². The number of rotatable bonds is 7. The number of nitrogens with zero attached hydrogens (tertiary/aromatic N) is 2. The van der Waals surface area contributed by atoms with Crippen molar-refractivity contribution in [2.75, 3.05) is 0 Å². The SMILES string of the molecule is C=C[CH2][Sn]([CH2]C=C)([CH2]C=C)[c]1cc2ccccc2nn1. The van der Waals surface area contributed by atoms with Crippen molar-refractivity contribution in [1.82, 2.24) is 10.2 Å². The first kappa shape index (κ1) is 15.0. The molecule has 0 fully saturated rings. The van der Waals surface area contributed by atoms with Crippen LogP contribution in [0.3, 0.4) is 0 Å². The molecule has 0 aliphatic carbocycles. The molecule has 3 heteroatoms. The second kappa shape index (κ2) is 6.84. The number of hydrogen-bond acceptors (Lipinski definition) is 2. The van der Waals surface area contributed by atoms with Crippen LogP contribution in [-0.4, -0.2) is 28.6 Å². The Morgan fingerprint density at radius 2 is 1.50 bits per heavy atom. The molecule has 2 rings (SSSR count). The van der Waals surface area contributed by atoms with Crippen molar-refractivity contribution < 1.29 is 0 Å². The van der Waals surface area contributed by atoms with Gasteiger partial charge in [0.2, 0.25) is 0 Å². The molecule has 1 aromatic carbocycles. The summed E-state index contributed by atoms with van der Waals surface area (Å²) in [6.45, 7) is 11.8. The molecule has 0 saturated heterocycles. The molecule has 0 atom stereocenters. The van der Waals surface area contributed by atoms with E-state index in [9.17, 15) is 0 Å². The van der Waals surface area contributed by atoms with Crippen LogP contribution in [0.25, 0.3) is 10.9 Å². The molecular weight excluding hydrogens is 351 g/mol. The summed E-state index contributed by atoms with van der Waals surface area (Å²) in [4.78, 5) is 0. The molecule has 0 bridgehead atoms. The summed E-state index contributed by atoms with van der Waals surface area (Å²) in [7, 11) is 0. The van der Waals surface area contributed by atoms with E-state index >= 15 is 0 Å². The molecular formula is C17H20N2Sn. The van der Waals surface area contributed by atoms with Gasteiger partial charge in [-0.2, -0.15) is 0 Å². The van der Waals surface area contributed by atoms with Gasteiger partial charge >= 0.3 is 125 Å². The van der Waals surface area contributed by atoms with Crippen LogP contribution in [0.15, 0.2) is 68.3 Å². The van der Waals surface area contributed by atoms with Crippen LogP contribution in [-0.2, 0) is 0 Å². The summed E-state index contributed by atoms with van der Waals surface area (Å²) in [6, 6.07) is 10.3. The monoisotopic (exact) mass is 372 g/mol. The first-order chi connectivity index (χ1) is 9.75. The minimum absolute atomic E-state index is 0.951. The Balaban J connectivity index is 2.56. The maximum absolute atomic E-state index is 4.54. The minimum atomic E-state index is -2.68. The molecule has 1 heterocycles. The zero-order valence-electron chi connectivity index (χ0n) is 11.8. The Bertz CT molecular complexity index is 607. The van der Waals surface area contributed by atoms with Gasteiger partial charge in [0.25, 0.3) is 0 Å². The summed E-state index contributed by atoms with van der Waals surface area (Å²) in [5, 5.41) is 10.1. The van der Waals surface area contributed by atoms with Gasteiger partial charge in [0.05, 0.1) is 0 Å². The third-order valence-corrected chi connectivity index (χ3v) is 16.6. The van der Waals surface area contributed by atoms with Crippen LogP contribution in [0.2, 0.25) is 13.3 Å². The number of allylic oxidation sites excluding steroid dienone is 3. The molecule has 0 amide bonds. The van der Waals surface area contributed by atoms with Crippen molar-refractivity contribution >= 4 is 33.0 Å². The molecule has 20 heavy (non-hydrogen) atoms. The zero-order valence-corrected chi connectivity index (χ0v) is 14.6. The number of hydrogen-bond donors (Lipinski definition) is 0. The quantitative estimate of drug-likeness (QED) is 0.546. The van der Waals surface area contributed by atoms with E-state index in [2.05, 4.69) is 42.1 Å². The van der Waals surface area contributed by atoms with Gasteiger partial charge in [0.1, 0.15) is 0 Å². The summed E-state index contributed by atoms with van der Waals surface area (Å²) < 4.78 is 4.32. The molecule has 102 valence electrons. The van der Waals surface area contributed by atoms with Crippen molar-refractivity contribution in [2.45, 2.75) is 13.3 Å². The zero-order chi connectivity index (χ0) is 14.4. The van der Waals surface area contributed by atoms with E-state index in [1.807, 2.05) is 36.4 Å². The predicted octanol–water partition coefficient (Wildman–Crippen LogP) is 3.84. The average Bonchev–Trinajstić information content (AvgIpc) is 2.47. The van der Waals surface area contributed by atoms with E-state index in [4.69, 9.17) is 0 Å². The van der Waals surface area contributed by atoms with Crippen molar-refractivity contribution in [1.29, 1.82) is 0 Å². The van der Waals surface area contributed by atoms with E-state index in [1.54, 1.807) is 0 Å². The molecule has 0 N–H and O–H groups in total. The molecule has 2 aromatic rings. The summed E-state index contributed by atoms with van der Waals surface area (Å²) in [5.74, 6) is 0. The van der Waals surface area contributed by atoms with E-state index in [0.717, 1.165) is 24.2 Å². The summed E-state index contributed by atoms with van der Waals surface area (Å²) >= 11 is -2.68. The van der Waals surface area contributed by atoms with Crippen LogP contribution in [0.5, 0.6) is 0 Å². The number of aromatic nitrogens is 2. The van der Waals surface area contributed by atoms with Crippen molar-refractivity contribution in [3.05, 3.63) is 68.3 Å². The Labute approximate surface area is 124 Å². The van der Waals surface area contributed by atoms with Crippen LogP contribution in [0.4, 0.5) is 0 Å². The standard InChI is InChI=1S/C8H5N2.3C3H5.Sn/c1-2-4-8-7(3-1)5-6-9-10-8;3*1-3-2;/h1-5H;3*3H,1-2H2;. The van der Waals surface area contributed by atoms with Crippen LogP contribution in [0.1, 0.15) is 0 Å². The van der Waals surface area contributed by atoms with Crippen LogP contribution in [0, 0.1) is 0 Å². The normalized spacial score (nSPS) is 11.2. The van der Waals surface area contributed by atoms with Crippen LogP contribution >= 0.6 is 0 Å². The molecule has 0 saturated carbocycles. The average molecular weight is 371 g/mol. The van der Waals surface area contributed by atoms with Gasteiger partial charge in [0.15, 0.2) is 0 Å². The number of fused-ring (bicyclic) bond motifs is 1. The van der Waals surface area contributed by atoms with Gasteiger partial charge in [-0.05, 0) is 0 Å². The van der Waals surface area contributed by atoms with Gasteiger partial charge in [-0.25, -0.2) is 0 Å². The van der Waals surface area contributed by atoms with Gasteiger partial charge in [-0.3, -0.25) is 0 Å². The summed E-state index contributed by atoms with van der Waals surface area (Å²) in [6.07, 6.45) is 6.08. The van der Waals surface area contributed by atoms with Crippen LogP contribution < -0.4 is 3.71 Å². The third kappa shape index (κ3) is 3.01. The van der Waals surface area contributed by atoms with Gasteiger partial charge in [-0.1, -0.05) is 0 Å². The maximum atomic E-state index is 4.54. The molecule has 0 aliphatic heterocycles. The Hall–Kier alpha value is -1.42. The van der Waals surface area contributed by atoms with Crippen molar-refractivity contribution in [3.8, 4) is 0 Å². The number of benzene rings is 1. The molecule has 0 spiro atoms. The second-order valence-corrected chi connectivity index (χ2v) is 17.3. The van der Waals surface area contributed by atoms with Gasteiger partial charge < -0.3 is 0 Å². The fourth-order valence-electron chi connectivity index (χ4n) is 2.64. The predicted molar refractivity (Wildman–Crippen MR) is 89.9 cm³/mol. The Morgan fingerprint density at radius 3 is 2.10 bits per heavy atom. The van der Waals surface area contributed by atoms with Gasteiger partial charge in [-0.15, -0.1) is 0 Å². The van der Waals surface area contributed by atoms with Crippen molar-refractivity contribution in [3.63, 3.8) is 0 Å². The first-order valence-electron chi connectivity index (χ1n) is 6.81. The first-order valence-corrected chi connectivity index (χ1v) is 14.3. The summed E-state index contributed by atoms with van der Waals surface area (Å²) in [5.41, 5.74) is 0.951. The third-order valence-electron chi connectivity index (χ3n) is 3.64. The molecule has 0 radical (unpaired) electrons. The van der Waals surface area contributed by atoms with Gasteiger partial charge in [0, 0.05) is 0 Å². The topological polar surface area (TPSA) is 25.8 Å². The second-order valence-electron chi connectivity index (χ2n) is 5.05. The van der Waals surface area contributed by atoms with E-state index in [-0.39, 0.29) is 0 Å². The van der Waals surface area contributed by atoms with E-state index < -0.39 is 18.4 Å². The fourth-order valence-corrected chi connectivity index (χ4v) is 12.7. The molecule has 0 unspecified atom stereocenters. The molecule has 0 aliphatic rings. The van der Waals surface area contributed by atoms with E-state index in [0.29, 0.717) is 0 Å².